The van der Waals surface area contributed by atoms with Crippen LogP contribution < -0.4 is 0 Å². The van der Waals surface area contributed by atoms with Crippen molar-refractivity contribution in [2.24, 2.45) is 5.92 Å². The van der Waals surface area contributed by atoms with E-state index in [4.69, 9.17) is 0 Å². The molecule has 1 amide bonds. The van der Waals surface area contributed by atoms with E-state index < -0.39 is 0 Å². The Labute approximate surface area is 120 Å². The van der Waals surface area contributed by atoms with Crippen LogP contribution in [-0.2, 0) is 4.79 Å². The van der Waals surface area contributed by atoms with E-state index in [2.05, 4.69) is 0 Å². The van der Waals surface area contributed by atoms with Crippen LogP contribution in [0.5, 0.6) is 0 Å². The van der Waals surface area contributed by atoms with Crippen LogP contribution in [0, 0.1) is 12.8 Å². The number of hydrogen-bond acceptors (Lipinski definition) is 2. The summed E-state index contributed by atoms with van der Waals surface area (Å²) in [5.74, 6) is 0.224. The number of likely N-dealkylation sites (N-methyl/N-ethyl adjacent to an activating group) is 1. The van der Waals surface area contributed by atoms with Crippen LogP contribution in [0.3, 0.4) is 0 Å². The van der Waals surface area contributed by atoms with Gasteiger partial charge in [0.1, 0.15) is 0 Å². The molecule has 0 spiro atoms. The van der Waals surface area contributed by atoms with E-state index in [0.717, 1.165) is 24.8 Å². The lowest BCUT2D eigenvalue weighted by molar-refractivity contribution is -0.125. The van der Waals surface area contributed by atoms with E-state index >= 15 is 0 Å². The topological polar surface area (TPSA) is 40.5 Å². The number of nitrogens with zero attached hydrogens (tertiary/aromatic N) is 1. The maximum absolute atomic E-state index is 12.0. The van der Waals surface area contributed by atoms with Crippen molar-refractivity contribution in [2.45, 2.75) is 32.3 Å². The molecule has 0 aromatic heterocycles. The van der Waals surface area contributed by atoms with Crippen LogP contribution >= 0.6 is 0 Å². The molecule has 2 unspecified atom stereocenters. The lowest BCUT2D eigenvalue weighted by atomic mass is 10.1. The number of aryl methyl sites for hydroxylation is 1. The first-order valence-corrected chi connectivity index (χ1v) is 7.24. The van der Waals surface area contributed by atoms with Gasteiger partial charge in [0.2, 0.25) is 5.91 Å². The molecule has 0 bridgehead atoms. The van der Waals surface area contributed by atoms with Crippen molar-refractivity contribution in [3.8, 4) is 0 Å². The van der Waals surface area contributed by atoms with Crippen LogP contribution in [0.1, 0.15) is 30.4 Å². The monoisotopic (exact) mass is 273 g/mol. The average molecular weight is 273 g/mol. The first-order chi connectivity index (χ1) is 9.56. The standard InChI is InChI=1S/C17H23NO2/c1-13-6-8-14(9-7-13)10-11-17(20)18(2)12-15-4-3-5-16(15)19/h6-11,15-16,19H,3-5,12H2,1-2H3/b11-10+. The number of benzene rings is 1. The van der Waals surface area contributed by atoms with Crippen molar-refractivity contribution in [1.82, 2.24) is 4.90 Å². The van der Waals surface area contributed by atoms with Gasteiger partial charge in [0, 0.05) is 25.6 Å². The SMILES string of the molecule is Cc1ccc(/C=C/C(=O)N(C)CC2CCCC2O)cc1. The van der Waals surface area contributed by atoms with E-state index in [0.29, 0.717) is 6.54 Å². The highest BCUT2D eigenvalue weighted by Crippen LogP contribution is 2.26. The second-order valence-corrected chi connectivity index (χ2v) is 5.72. The van der Waals surface area contributed by atoms with Gasteiger partial charge in [0.25, 0.3) is 0 Å². The fraction of sp³-hybridized carbons (Fsp3) is 0.471. The van der Waals surface area contributed by atoms with E-state index in [-0.39, 0.29) is 17.9 Å². The van der Waals surface area contributed by atoms with Gasteiger partial charge >= 0.3 is 0 Å². The number of aliphatic hydroxyl groups is 1. The van der Waals surface area contributed by atoms with Crippen LogP contribution in [0.4, 0.5) is 0 Å². The van der Waals surface area contributed by atoms with Gasteiger partial charge < -0.3 is 10.0 Å². The van der Waals surface area contributed by atoms with Gasteiger partial charge in [0.05, 0.1) is 6.10 Å². The highest BCUT2D eigenvalue weighted by Gasteiger charge is 2.26. The highest BCUT2D eigenvalue weighted by atomic mass is 16.3. The lowest BCUT2D eigenvalue weighted by Crippen LogP contribution is -2.33. The maximum atomic E-state index is 12.0. The Bertz CT molecular complexity index is 478. The van der Waals surface area contributed by atoms with Gasteiger partial charge in [-0.05, 0) is 31.4 Å². The molecule has 0 radical (unpaired) electrons. The van der Waals surface area contributed by atoms with Gasteiger partial charge in [0.15, 0.2) is 0 Å². The molecule has 1 aromatic carbocycles. The molecule has 2 atom stereocenters. The fourth-order valence-corrected chi connectivity index (χ4v) is 2.64. The summed E-state index contributed by atoms with van der Waals surface area (Å²) < 4.78 is 0. The molecular weight excluding hydrogens is 250 g/mol. The predicted octanol–water partition coefficient (Wildman–Crippen LogP) is 2.63. The van der Waals surface area contributed by atoms with Crippen molar-refractivity contribution in [1.29, 1.82) is 0 Å². The van der Waals surface area contributed by atoms with Gasteiger partial charge in [-0.3, -0.25) is 4.79 Å². The molecule has 1 saturated carbocycles. The number of hydrogen-bond donors (Lipinski definition) is 1. The van der Waals surface area contributed by atoms with Gasteiger partial charge in [-0.25, -0.2) is 0 Å². The summed E-state index contributed by atoms with van der Waals surface area (Å²) >= 11 is 0. The Morgan fingerprint density at radius 1 is 1.35 bits per heavy atom. The number of rotatable bonds is 4. The third kappa shape index (κ3) is 3.94. The number of carbonyl (C=O) groups is 1. The van der Waals surface area contributed by atoms with Crippen molar-refractivity contribution in [2.75, 3.05) is 13.6 Å². The second kappa shape index (κ2) is 6.71. The summed E-state index contributed by atoms with van der Waals surface area (Å²) in [6.45, 7) is 2.68. The molecule has 1 fully saturated rings. The average Bonchev–Trinajstić information content (AvgIpc) is 2.83. The maximum Gasteiger partial charge on any atom is 0.246 e. The minimum atomic E-state index is -0.244. The third-order valence-corrected chi connectivity index (χ3v) is 4.00. The summed E-state index contributed by atoms with van der Waals surface area (Å²) in [7, 11) is 1.80. The minimum Gasteiger partial charge on any atom is -0.393 e. The summed E-state index contributed by atoms with van der Waals surface area (Å²) in [5, 5.41) is 9.80. The molecule has 108 valence electrons. The van der Waals surface area contributed by atoms with Crippen molar-refractivity contribution >= 4 is 12.0 Å². The number of aliphatic hydroxyl groups excluding tert-OH is 1. The molecule has 3 nitrogen and oxygen atoms in total. The molecule has 3 heteroatoms. The molecule has 0 heterocycles. The Morgan fingerprint density at radius 2 is 2.05 bits per heavy atom. The smallest absolute Gasteiger partial charge is 0.246 e. The third-order valence-electron chi connectivity index (χ3n) is 4.00. The Kier molecular flexibility index (Phi) is 4.96. The molecule has 2 rings (SSSR count). The first kappa shape index (κ1) is 14.8. The minimum absolute atomic E-state index is 0.00956. The molecule has 1 N–H and O–H groups in total. The van der Waals surface area contributed by atoms with E-state index in [9.17, 15) is 9.90 Å². The van der Waals surface area contributed by atoms with Crippen molar-refractivity contribution < 1.29 is 9.90 Å². The van der Waals surface area contributed by atoms with Crippen LogP contribution in [0.25, 0.3) is 6.08 Å². The highest BCUT2D eigenvalue weighted by molar-refractivity contribution is 5.91. The normalized spacial score (nSPS) is 22.4. The quantitative estimate of drug-likeness (QED) is 0.857. The second-order valence-electron chi connectivity index (χ2n) is 5.72. The first-order valence-electron chi connectivity index (χ1n) is 7.24. The molecule has 1 aromatic rings. The summed E-state index contributed by atoms with van der Waals surface area (Å²) in [4.78, 5) is 13.7. The van der Waals surface area contributed by atoms with Crippen LogP contribution in [0.15, 0.2) is 30.3 Å². The summed E-state index contributed by atoms with van der Waals surface area (Å²) in [5.41, 5.74) is 2.24. The van der Waals surface area contributed by atoms with E-state index in [1.54, 1.807) is 18.0 Å². The zero-order valence-electron chi connectivity index (χ0n) is 12.2. The molecule has 0 aliphatic heterocycles. The molecule has 20 heavy (non-hydrogen) atoms. The Morgan fingerprint density at radius 3 is 2.65 bits per heavy atom. The predicted molar refractivity (Wildman–Crippen MR) is 81.2 cm³/mol. The van der Waals surface area contributed by atoms with Crippen LogP contribution in [0.2, 0.25) is 0 Å². The van der Waals surface area contributed by atoms with Gasteiger partial charge in [-0.2, -0.15) is 0 Å². The number of carbonyl (C=O) groups excluding carboxylic acids is 1. The van der Waals surface area contributed by atoms with Gasteiger partial charge in [-0.1, -0.05) is 36.2 Å². The Balaban J connectivity index is 1.88. The number of amides is 1. The zero-order chi connectivity index (χ0) is 14.5. The van der Waals surface area contributed by atoms with Crippen molar-refractivity contribution in [3.05, 3.63) is 41.5 Å². The zero-order valence-corrected chi connectivity index (χ0v) is 12.2. The summed E-state index contributed by atoms with van der Waals surface area (Å²) in [6, 6.07) is 8.06. The van der Waals surface area contributed by atoms with E-state index in [1.807, 2.05) is 37.3 Å². The van der Waals surface area contributed by atoms with E-state index in [1.165, 1.54) is 5.56 Å². The molecule has 1 aliphatic rings. The van der Waals surface area contributed by atoms with Crippen LogP contribution in [-0.4, -0.2) is 35.6 Å². The fourth-order valence-electron chi connectivity index (χ4n) is 2.64. The summed E-state index contributed by atoms with van der Waals surface area (Å²) in [6.07, 6.45) is 6.14. The lowest BCUT2D eigenvalue weighted by Gasteiger charge is -2.22. The van der Waals surface area contributed by atoms with Crippen molar-refractivity contribution in [3.63, 3.8) is 0 Å². The Hall–Kier alpha value is -1.61. The molecule has 1 aliphatic carbocycles. The molecule has 0 saturated heterocycles. The largest absolute Gasteiger partial charge is 0.393 e. The van der Waals surface area contributed by atoms with Gasteiger partial charge in [-0.15, -0.1) is 0 Å². The molecular formula is C17H23NO2.